The summed E-state index contributed by atoms with van der Waals surface area (Å²) in [6.07, 6.45) is 0. The first-order valence-corrected chi connectivity index (χ1v) is 8.63. The van der Waals surface area contributed by atoms with Crippen LogP contribution in [-0.4, -0.2) is 31.1 Å². The lowest BCUT2D eigenvalue weighted by atomic mass is 9.84. The van der Waals surface area contributed by atoms with Crippen molar-refractivity contribution in [1.82, 2.24) is 0 Å². The Morgan fingerprint density at radius 2 is 1.72 bits per heavy atom. The van der Waals surface area contributed by atoms with E-state index in [1.54, 1.807) is 26.0 Å². The molecule has 0 heterocycles. The minimum absolute atomic E-state index is 0.0239. The Balaban J connectivity index is 3.41. The average Bonchev–Trinajstić information content (AvgIpc) is 2.51. The molecule has 6 heteroatoms. The Labute approximate surface area is 150 Å². The topological polar surface area (TPSA) is 72.7 Å². The number of carbonyl (C=O) groups excluding carboxylic acids is 1. The van der Waals surface area contributed by atoms with Crippen LogP contribution in [0.4, 0.5) is 11.4 Å². The molecule has 1 rings (SSSR count). The van der Waals surface area contributed by atoms with Crippen molar-refractivity contribution in [3.8, 4) is 0 Å². The highest BCUT2D eigenvalue weighted by Gasteiger charge is 2.33. The molecular weight excluding hydrogens is 320 g/mol. The lowest BCUT2D eigenvalue weighted by Crippen LogP contribution is -2.33. The molecule has 0 unspecified atom stereocenters. The first-order chi connectivity index (χ1) is 11.5. The first-order valence-electron chi connectivity index (χ1n) is 8.63. The molecule has 0 aliphatic carbocycles. The largest absolute Gasteiger partial charge is 0.468 e. The minimum atomic E-state index is -0.945. The summed E-state index contributed by atoms with van der Waals surface area (Å²) >= 11 is 0. The molecule has 0 radical (unpaired) electrons. The normalized spacial score (nSPS) is 11.7. The fourth-order valence-corrected chi connectivity index (χ4v) is 2.85. The molecule has 0 aliphatic heterocycles. The van der Waals surface area contributed by atoms with E-state index < -0.39 is 11.4 Å². The Morgan fingerprint density at radius 3 is 2.12 bits per heavy atom. The maximum Gasteiger partial charge on any atom is 0.315 e. The van der Waals surface area contributed by atoms with E-state index in [0.717, 1.165) is 13.1 Å². The van der Waals surface area contributed by atoms with Crippen LogP contribution >= 0.6 is 0 Å². The highest BCUT2D eigenvalue weighted by Crippen LogP contribution is 2.35. The molecule has 0 saturated heterocycles. The zero-order valence-corrected chi connectivity index (χ0v) is 16.3. The molecular formula is C19H30N2O4. The van der Waals surface area contributed by atoms with Crippen LogP contribution < -0.4 is 4.90 Å². The molecule has 0 bridgehead atoms. The number of esters is 1. The van der Waals surface area contributed by atoms with Crippen molar-refractivity contribution < 1.29 is 14.5 Å². The van der Waals surface area contributed by atoms with Crippen molar-refractivity contribution in [2.75, 3.05) is 25.1 Å². The molecule has 1 aromatic rings. The number of carbonyl (C=O) groups is 1. The van der Waals surface area contributed by atoms with Gasteiger partial charge in [-0.15, -0.1) is 0 Å². The number of nitro benzene ring substituents is 1. The summed E-state index contributed by atoms with van der Waals surface area (Å²) in [5, 5.41) is 11.7. The number of ether oxygens (including phenoxy) is 1. The number of benzene rings is 1. The second-order valence-electron chi connectivity index (χ2n) is 7.77. The van der Waals surface area contributed by atoms with Gasteiger partial charge in [0, 0.05) is 19.2 Å². The molecule has 0 aromatic heterocycles. The predicted octanol–water partition coefficient (Wildman–Crippen LogP) is 4.16. The molecule has 0 spiro atoms. The van der Waals surface area contributed by atoms with Crippen molar-refractivity contribution >= 4 is 17.3 Å². The van der Waals surface area contributed by atoms with Crippen LogP contribution in [0.5, 0.6) is 0 Å². The van der Waals surface area contributed by atoms with E-state index in [0.29, 0.717) is 23.1 Å². The van der Waals surface area contributed by atoms with Gasteiger partial charge in [0.2, 0.25) is 0 Å². The molecule has 1 aromatic carbocycles. The number of nitro groups is 1. The predicted molar refractivity (Wildman–Crippen MR) is 100 cm³/mol. The van der Waals surface area contributed by atoms with Crippen LogP contribution in [0.1, 0.15) is 47.1 Å². The summed E-state index contributed by atoms with van der Waals surface area (Å²) in [6.45, 7) is 13.2. The molecule has 0 aliphatic rings. The van der Waals surface area contributed by atoms with Crippen molar-refractivity contribution in [3.05, 3.63) is 33.9 Å². The third-order valence-electron chi connectivity index (χ3n) is 4.10. The second kappa shape index (κ2) is 8.32. The second-order valence-corrected chi connectivity index (χ2v) is 7.77. The number of methoxy groups -OCH3 is 1. The lowest BCUT2D eigenvalue weighted by Gasteiger charge is -2.29. The number of hydrogen-bond acceptors (Lipinski definition) is 5. The average molecular weight is 350 g/mol. The van der Waals surface area contributed by atoms with E-state index in [-0.39, 0.29) is 10.6 Å². The van der Waals surface area contributed by atoms with Crippen LogP contribution in [0.15, 0.2) is 18.2 Å². The molecule has 0 atom stereocenters. The van der Waals surface area contributed by atoms with E-state index in [1.807, 2.05) is 0 Å². The van der Waals surface area contributed by atoms with E-state index in [1.165, 1.54) is 13.2 Å². The van der Waals surface area contributed by atoms with E-state index >= 15 is 0 Å². The summed E-state index contributed by atoms with van der Waals surface area (Å²) in [7, 11) is 1.32. The lowest BCUT2D eigenvalue weighted by molar-refractivity contribution is -0.384. The van der Waals surface area contributed by atoms with Gasteiger partial charge < -0.3 is 9.64 Å². The van der Waals surface area contributed by atoms with Gasteiger partial charge in [0.1, 0.15) is 5.69 Å². The van der Waals surface area contributed by atoms with Gasteiger partial charge in [-0.2, -0.15) is 0 Å². The zero-order valence-electron chi connectivity index (χ0n) is 16.3. The summed E-state index contributed by atoms with van der Waals surface area (Å²) in [5.41, 5.74) is 0.246. The van der Waals surface area contributed by atoms with Crippen molar-refractivity contribution in [1.29, 1.82) is 0 Å². The van der Waals surface area contributed by atoms with E-state index in [2.05, 4.69) is 32.6 Å². The highest BCUT2D eigenvalue weighted by molar-refractivity contribution is 5.83. The highest BCUT2D eigenvalue weighted by atomic mass is 16.6. The first kappa shape index (κ1) is 20.9. The third-order valence-corrected chi connectivity index (χ3v) is 4.10. The van der Waals surface area contributed by atoms with Crippen molar-refractivity contribution in [2.45, 2.75) is 47.0 Å². The van der Waals surface area contributed by atoms with Gasteiger partial charge in [0.15, 0.2) is 0 Å². The van der Waals surface area contributed by atoms with Crippen LogP contribution in [0.25, 0.3) is 0 Å². The summed E-state index contributed by atoms with van der Waals surface area (Å²) in [6, 6.07) is 5.04. The molecule has 140 valence electrons. The molecule has 0 amide bonds. The standard InChI is InChI=1S/C19H30N2O4/c1-13(2)11-20(12-14(3)4)16-9-8-15(10-17(16)21(23)24)19(5,6)18(22)25-7/h8-10,13-14H,11-12H2,1-7H3. The van der Waals surface area contributed by atoms with Gasteiger partial charge in [-0.25, -0.2) is 0 Å². The fourth-order valence-electron chi connectivity index (χ4n) is 2.85. The molecule has 0 fully saturated rings. The van der Waals surface area contributed by atoms with Crippen LogP contribution in [0.2, 0.25) is 0 Å². The van der Waals surface area contributed by atoms with E-state index in [9.17, 15) is 14.9 Å². The number of nitrogens with zero attached hydrogens (tertiary/aromatic N) is 2. The molecule has 6 nitrogen and oxygen atoms in total. The Bertz CT molecular complexity index is 614. The Hall–Kier alpha value is -2.11. The van der Waals surface area contributed by atoms with Gasteiger partial charge >= 0.3 is 5.97 Å². The fraction of sp³-hybridized carbons (Fsp3) is 0.632. The summed E-state index contributed by atoms with van der Waals surface area (Å²) in [4.78, 5) is 25.4. The molecule has 0 N–H and O–H groups in total. The smallest absolute Gasteiger partial charge is 0.315 e. The SMILES string of the molecule is COC(=O)C(C)(C)c1ccc(N(CC(C)C)CC(C)C)c([N+](=O)[O-])c1. The Kier molecular flexibility index (Phi) is 6.96. The monoisotopic (exact) mass is 350 g/mol. The van der Waals surface area contributed by atoms with Crippen LogP contribution in [-0.2, 0) is 14.9 Å². The van der Waals surface area contributed by atoms with Crippen molar-refractivity contribution in [3.63, 3.8) is 0 Å². The minimum Gasteiger partial charge on any atom is -0.468 e. The van der Waals surface area contributed by atoms with Gasteiger partial charge in [0.25, 0.3) is 5.69 Å². The number of rotatable bonds is 8. The summed E-state index contributed by atoms with van der Waals surface area (Å²) < 4.78 is 4.83. The van der Waals surface area contributed by atoms with Crippen LogP contribution in [0, 0.1) is 22.0 Å². The maximum absolute atomic E-state index is 12.0. The Morgan fingerprint density at radius 1 is 1.20 bits per heavy atom. The van der Waals surface area contributed by atoms with Gasteiger partial charge in [-0.05, 0) is 37.3 Å². The van der Waals surface area contributed by atoms with Crippen molar-refractivity contribution in [2.24, 2.45) is 11.8 Å². The van der Waals surface area contributed by atoms with Gasteiger partial charge in [-0.1, -0.05) is 33.8 Å². The zero-order chi connectivity index (χ0) is 19.4. The molecule has 0 saturated carbocycles. The number of anilines is 1. The quantitative estimate of drug-likeness (QED) is 0.400. The number of hydrogen-bond donors (Lipinski definition) is 0. The maximum atomic E-state index is 12.0. The van der Waals surface area contributed by atoms with E-state index in [4.69, 9.17) is 4.74 Å². The third kappa shape index (κ3) is 5.18. The van der Waals surface area contributed by atoms with Crippen LogP contribution in [0.3, 0.4) is 0 Å². The summed E-state index contributed by atoms with van der Waals surface area (Å²) in [5.74, 6) is 0.338. The van der Waals surface area contributed by atoms with Gasteiger partial charge in [0.05, 0.1) is 17.4 Å². The molecule has 25 heavy (non-hydrogen) atoms. The van der Waals surface area contributed by atoms with Gasteiger partial charge in [-0.3, -0.25) is 14.9 Å².